The van der Waals surface area contributed by atoms with E-state index in [0.29, 0.717) is 11.7 Å². The summed E-state index contributed by atoms with van der Waals surface area (Å²) >= 11 is 0. The topological polar surface area (TPSA) is 41.5 Å². The predicted molar refractivity (Wildman–Crippen MR) is 88.4 cm³/mol. The van der Waals surface area contributed by atoms with Crippen LogP contribution in [0.4, 0.5) is 0 Å². The van der Waals surface area contributed by atoms with Crippen molar-refractivity contribution < 1.29 is 9.84 Å². The Morgan fingerprint density at radius 2 is 1.91 bits per heavy atom. The van der Waals surface area contributed by atoms with Crippen molar-refractivity contribution in [1.29, 1.82) is 0 Å². The summed E-state index contributed by atoms with van der Waals surface area (Å²) in [6.07, 6.45) is 15.8. The zero-order chi connectivity index (χ0) is 15.2. The van der Waals surface area contributed by atoms with Gasteiger partial charge in [-0.2, -0.15) is 0 Å². The number of rotatable bonds is 3. The molecule has 1 aliphatic heterocycles. The molecule has 2 N–H and O–H groups in total. The maximum absolute atomic E-state index is 9.54. The van der Waals surface area contributed by atoms with Gasteiger partial charge >= 0.3 is 0 Å². The minimum absolute atomic E-state index is 0.216. The quantitative estimate of drug-likeness (QED) is 0.799. The summed E-state index contributed by atoms with van der Waals surface area (Å²) in [4.78, 5) is 0. The van der Waals surface area contributed by atoms with Gasteiger partial charge in [-0.3, -0.25) is 0 Å². The first-order valence-corrected chi connectivity index (χ1v) is 8.13. The average Bonchev–Trinajstić information content (AvgIpc) is 2.90. The van der Waals surface area contributed by atoms with E-state index in [4.69, 9.17) is 4.74 Å². The number of aromatic hydroxyl groups is 1. The number of phenols is 1. The van der Waals surface area contributed by atoms with Gasteiger partial charge in [0.15, 0.2) is 0 Å². The number of ether oxygens (including phenoxy) is 1. The van der Waals surface area contributed by atoms with Crippen molar-refractivity contribution in [2.24, 2.45) is 5.92 Å². The van der Waals surface area contributed by atoms with Gasteiger partial charge < -0.3 is 15.2 Å². The van der Waals surface area contributed by atoms with Crippen LogP contribution in [0.15, 0.2) is 60.1 Å². The monoisotopic (exact) mass is 297 g/mol. The summed E-state index contributed by atoms with van der Waals surface area (Å²) in [5.41, 5.74) is 1.24. The third-order valence-electron chi connectivity index (χ3n) is 4.25. The first kappa shape index (κ1) is 14.8. The first-order chi connectivity index (χ1) is 10.8. The Kier molecular flexibility index (Phi) is 4.84. The van der Waals surface area contributed by atoms with Crippen molar-refractivity contribution in [3.8, 4) is 11.5 Å². The molecule has 0 spiro atoms. The molecule has 1 aromatic carbocycles. The Bertz CT molecular complexity index is 593. The number of benzene rings is 1. The number of allylic oxidation sites excluding steroid dienone is 4. The fourth-order valence-corrected chi connectivity index (χ4v) is 3.10. The van der Waals surface area contributed by atoms with Crippen molar-refractivity contribution in [3.63, 3.8) is 0 Å². The molecule has 3 heteroatoms. The van der Waals surface area contributed by atoms with Crippen molar-refractivity contribution in [2.45, 2.75) is 38.5 Å². The maximum atomic E-state index is 9.54. The fraction of sp³-hybridized carbons (Fsp3) is 0.368. The normalized spacial score (nSPS) is 19.5. The highest BCUT2D eigenvalue weighted by atomic mass is 16.5. The second kappa shape index (κ2) is 7.21. The van der Waals surface area contributed by atoms with E-state index in [1.807, 2.05) is 24.4 Å². The van der Waals surface area contributed by atoms with Gasteiger partial charge in [-0.1, -0.05) is 31.7 Å². The van der Waals surface area contributed by atoms with Crippen LogP contribution in [-0.2, 0) is 0 Å². The lowest BCUT2D eigenvalue weighted by Crippen LogP contribution is -2.15. The summed E-state index contributed by atoms with van der Waals surface area (Å²) in [7, 11) is 0. The molecular weight excluding hydrogens is 274 g/mol. The molecule has 0 aromatic heterocycles. The largest absolute Gasteiger partial charge is 0.508 e. The molecule has 2 aliphatic rings. The standard InChI is InChI=1S/C19H23NO2/c21-16-9-5-10-17(13-16)22-18-11-6-12-20-19(14-18)15-7-3-1-2-4-8-15/h5-6,9-15,20-21H,1-4,7-8H2. The zero-order valence-electron chi connectivity index (χ0n) is 12.8. The molecular formula is C19H23NO2. The molecule has 0 amide bonds. The lowest BCUT2D eigenvalue weighted by molar-refractivity contribution is 0.429. The molecule has 3 nitrogen and oxygen atoms in total. The van der Waals surface area contributed by atoms with Crippen LogP contribution in [0.25, 0.3) is 0 Å². The number of hydrogen-bond acceptors (Lipinski definition) is 3. The summed E-state index contributed by atoms with van der Waals surface area (Å²) in [6, 6.07) is 6.90. The summed E-state index contributed by atoms with van der Waals surface area (Å²) in [5, 5.41) is 12.9. The van der Waals surface area contributed by atoms with Crippen LogP contribution >= 0.6 is 0 Å². The molecule has 0 radical (unpaired) electrons. The highest BCUT2D eigenvalue weighted by Crippen LogP contribution is 2.29. The van der Waals surface area contributed by atoms with E-state index in [9.17, 15) is 5.11 Å². The van der Waals surface area contributed by atoms with Crippen LogP contribution in [-0.4, -0.2) is 5.11 Å². The summed E-state index contributed by atoms with van der Waals surface area (Å²) in [6.45, 7) is 0. The number of hydrogen-bond donors (Lipinski definition) is 2. The van der Waals surface area contributed by atoms with Gasteiger partial charge in [-0.25, -0.2) is 0 Å². The molecule has 22 heavy (non-hydrogen) atoms. The Morgan fingerprint density at radius 3 is 2.68 bits per heavy atom. The molecule has 1 fully saturated rings. The van der Waals surface area contributed by atoms with Crippen molar-refractivity contribution in [1.82, 2.24) is 5.32 Å². The molecule has 116 valence electrons. The second-order valence-corrected chi connectivity index (χ2v) is 5.96. The van der Waals surface area contributed by atoms with Crippen LogP contribution in [0.3, 0.4) is 0 Å². The van der Waals surface area contributed by atoms with Gasteiger partial charge in [0, 0.05) is 24.0 Å². The number of phenolic OH excluding ortho intramolecular Hbond substituents is 1. The Labute approximate surface area is 132 Å². The SMILES string of the molecule is Oc1cccc(OC2=CC=CNC(C3CCCCCC3)=C2)c1. The van der Waals surface area contributed by atoms with Gasteiger partial charge in [0.05, 0.1) is 0 Å². The minimum atomic E-state index is 0.216. The van der Waals surface area contributed by atoms with Crippen LogP contribution in [0, 0.1) is 5.92 Å². The van der Waals surface area contributed by atoms with Crippen LogP contribution in [0.1, 0.15) is 38.5 Å². The number of nitrogens with one attached hydrogen (secondary N) is 1. The Morgan fingerprint density at radius 1 is 1.09 bits per heavy atom. The van der Waals surface area contributed by atoms with E-state index in [1.54, 1.807) is 18.2 Å². The lowest BCUT2D eigenvalue weighted by atomic mass is 9.96. The van der Waals surface area contributed by atoms with Crippen molar-refractivity contribution in [2.75, 3.05) is 0 Å². The maximum Gasteiger partial charge on any atom is 0.131 e. The van der Waals surface area contributed by atoms with Crippen molar-refractivity contribution in [3.05, 3.63) is 60.1 Å². The molecule has 1 aliphatic carbocycles. The molecule has 3 rings (SSSR count). The molecule has 0 saturated heterocycles. The molecule has 1 saturated carbocycles. The van der Waals surface area contributed by atoms with Crippen LogP contribution in [0.5, 0.6) is 11.5 Å². The third-order valence-corrected chi connectivity index (χ3v) is 4.25. The molecule has 0 unspecified atom stereocenters. The van der Waals surface area contributed by atoms with Gasteiger partial charge in [0.1, 0.15) is 17.3 Å². The van der Waals surface area contributed by atoms with Crippen LogP contribution < -0.4 is 10.1 Å². The average molecular weight is 297 g/mol. The highest BCUT2D eigenvalue weighted by Gasteiger charge is 2.17. The molecule has 1 heterocycles. The second-order valence-electron chi connectivity index (χ2n) is 5.96. The summed E-state index contributed by atoms with van der Waals surface area (Å²) in [5.74, 6) is 2.25. The van der Waals surface area contributed by atoms with E-state index in [-0.39, 0.29) is 5.75 Å². The fourth-order valence-electron chi connectivity index (χ4n) is 3.10. The molecule has 1 aromatic rings. The van der Waals surface area contributed by atoms with Crippen molar-refractivity contribution >= 4 is 0 Å². The van der Waals surface area contributed by atoms with Crippen LogP contribution in [0.2, 0.25) is 0 Å². The molecule has 0 bridgehead atoms. The molecule has 0 atom stereocenters. The van der Waals surface area contributed by atoms with Gasteiger partial charge in [0.25, 0.3) is 0 Å². The predicted octanol–water partition coefficient (Wildman–Crippen LogP) is 4.63. The minimum Gasteiger partial charge on any atom is -0.508 e. The van der Waals surface area contributed by atoms with Gasteiger partial charge in [-0.05, 0) is 43.0 Å². The first-order valence-electron chi connectivity index (χ1n) is 8.13. The van der Waals surface area contributed by atoms with E-state index in [1.165, 1.54) is 44.2 Å². The smallest absolute Gasteiger partial charge is 0.131 e. The highest BCUT2D eigenvalue weighted by molar-refractivity contribution is 5.36. The lowest BCUT2D eigenvalue weighted by Gasteiger charge is -2.18. The Balaban J connectivity index is 1.76. The summed E-state index contributed by atoms with van der Waals surface area (Å²) < 4.78 is 5.90. The Hall–Kier alpha value is -2.16. The van der Waals surface area contributed by atoms with Gasteiger partial charge in [0.2, 0.25) is 0 Å². The zero-order valence-corrected chi connectivity index (χ0v) is 12.8. The van der Waals surface area contributed by atoms with E-state index < -0.39 is 0 Å². The van der Waals surface area contributed by atoms with E-state index in [0.717, 1.165) is 5.76 Å². The third kappa shape index (κ3) is 3.94. The van der Waals surface area contributed by atoms with E-state index >= 15 is 0 Å². The van der Waals surface area contributed by atoms with Gasteiger partial charge in [-0.15, -0.1) is 0 Å². The van der Waals surface area contributed by atoms with E-state index in [2.05, 4.69) is 11.4 Å².